The molecule has 0 unspecified atom stereocenters. The predicted molar refractivity (Wildman–Crippen MR) is 139 cm³/mol. The molecule has 0 radical (unpaired) electrons. The van der Waals surface area contributed by atoms with E-state index in [0.29, 0.717) is 43.7 Å². The monoisotopic (exact) mass is 535 g/mol. The fraction of sp³-hybridized carbons (Fsp3) is 0.321. The molecule has 0 spiro atoms. The number of pyridine rings is 1. The van der Waals surface area contributed by atoms with Crippen LogP contribution in [0.5, 0.6) is 5.75 Å². The predicted octanol–water partition coefficient (Wildman–Crippen LogP) is 5.11. The van der Waals surface area contributed by atoms with Gasteiger partial charge in [0.2, 0.25) is 5.91 Å². The van der Waals surface area contributed by atoms with E-state index in [9.17, 15) is 9.59 Å². The van der Waals surface area contributed by atoms with Crippen molar-refractivity contribution in [2.75, 3.05) is 20.1 Å². The third-order valence-electron chi connectivity index (χ3n) is 6.40. The lowest BCUT2D eigenvalue weighted by Gasteiger charge is -2.39. The molecule has 1 aromatic heterocycles. The molecule has 0 aliphatic carbocycles. The zero-order valence-corrected chi connectivity index (χ0v) is 21.6. The van der Waals surface area contributed by atoms with Crippen LogP contribution in [-0.4, -0.2) is 52.8 Å². The van der Waals surface area contributed by atoms with Crippen LogP contribution in [0.15, 0.2) is 77.4 Å². The number of ether oxygens (including phenoxy) is 1. The average Bonchev–Trinajstić information content (AvgIpc) is 2.85. The van der Waals surface area contributed by atoms with Gasteiger partial charge in [-0.2, -0.15) is 0 Å². The molecule has 0 saturated carbocycles. The van der Waals surface area contributed by atoms with E-state index in [1.165, 1.54) is 0 Å². The van der Waals surface area contributed by atoms with Crippen LogP contribution in [0.3, 0.4) is 0 Å². The Balaban J connectivity index is 1.50. The van der Waals surface area contributed by atoms with Gasteiger partial charge in [-0.25, -0.2) is 0 Å². The van der Waals surface area contributed by atoms with Crippen LogP contribution in [-0.2, 0) is 11.3 Å². The second-order valence-corrected chi connectivity index (χ2v) is 9.91. The Morgan fingerprint density at radius 3 is 2.66 bits per heavy atom. The zero-order chi connectivity index (χ0) is 24.8. The highest BCUT2D eigenvalue weighted by molar-refractivity contribution is 9.10. The third-order valence-corrected chi connectivity index (χ3v) is 6.89. The van der Waals surface area contributed by atoms with Gasteiger partial charge in [-0.15, -0.1) is 0 Å². The van der Waals surface area contributed by atoms with Crippen LogP contribution < -0.4 is 4.74 Å². The Hall–Kier alpha value is -3.19. The van der Waals surface area contributed by atoms with Crippen molar-refractivity contribution in [3.8, 4) is 5.75 Å². The molecule has 1 fully saturated rings. The highest BCUT2D eigenvalue weighted by Crippen LogP contribution is 2.29. The summed E-state index contributed by atoms with van der Waals surface area (Å²) in [6.07, 6.45) is 2.47. The van der Waals surface area contributed by atoms with Crippen molar-refractivity contribution < 1.29 is 14.3 Å². The van der Waals surface area contributed by atoms with E-state index in [1.54, 1.807) is 17.2 Å². The maximum Gasteiger partial charge on any atom is 0.255 e. The molecule has 2 atom stereocenters. The van der Waals surface area contributed by atoms with Gasteiger partial charge in [0.25, 0.3) is 5.91 Å². The van der Waals surface area contributed by atoms with Crippen LogP contribution in [0.25, 0.3) is 0 Å². The quantitative estimate of drug-likeness (QED) is 0.421. The van der Waals surface area contributed by atoms with E-state index in [0.717, 1.165) is 15.8 Å². The van der Waals surface area contributed by atoms with Crippen molar-refractivity contribution in [2.24, 2.45) is 5.92 Å². The minimum atomic E-state index is -0.169. The number of hydrogen-bond acceptors (Lipinski definition) is 4. The van der Waals surface area contributed by atoms with Crippen molar-refractivity contribution in [2.45, 2.75) is 32.4 Å². The minimum Gasteiger partial charge on any atom is -0.490 e. The molecule has 1 aliphatic heterocycles. The van der Waals surface area contributed by atoms with E-state index in [-0.39, 0.29) is 23.8 Å². The lowest BCUT2D eigenvalue weighted by Crippen LogP contribution is -2.49. The molecule has 3 aromatic rings. The summed E-state index contributed by atoms with van der Waals surface area (Å²) >= 11 is 3.49. The van der Waals surface area contributed by atoms with Crippen molar-refractivity contribution in [1.82, 2.24) is 14.8 Å². The smallest absolute Gasteiger partial charge is 0.255 e. The van der Waals surface area contributed by atoms with Crippen LogP contribution in [0, 0.1) is 12.8 Å². The molecule has 35 heavy (non-hydrogen) atoms. The summed E-state index contributed by atoms with van der Waals surface area (Å²) in [6.45, 7) is 3.41. The molecule has 4 rings (SSSR count). The summed E-state index contributed by atoms with van der Waals surface area (Å²) in [5.41, 5.74) is 2.39. The van der Waals surface area contributed by atoms with Crippen LogP contribution in [0.2, 0.25) is 0 Å². The van der Waals surface area contributed by atoms with Gasteiger partial charge in [0.05, 0.1) is 5.56 Å². The number of hydrogen-bond donors (Lipinski definition) is 0. The summed E-state index contributed by atoms with van der Waals surface area (Å²) in [6, 6.07) is 21.2. The second kappa shape index (κ2) is 11.5. The van der Waals surface area contributed by atoms with E-state index in [2.05, 4.69) is 20.9 Å². The van der Waals surface area contributed by atoms with E-state index in [4.69, 9.17) is 4.74 Å². The first-order chi connectivity index (χ1) is 16.9. The van der Waals surface area contributed by atoms with E-state index >= 15 is 0 Å². The summed E-state index contributed by atoms with van der Waals surface area (Å²) in [4.78, 5) is 34.3. The molecular formula is C28H30BrN3O3. The summed E-state index contributed by atoms with van der Waals surface area (Å²) in [5.74, 6) is 0.608. The first kappa shape index (κ1) is 24.9. The van der Waals surface area contributed by atoms with Crippen LogP contribution >= 0.6 is 15.9 Å². The van der Waals surface area contributed by atoms with Gasteiger partial charge in [0.15, 0.2) is 0 Å². The maximum atomic E-state index is 13.3. The van der Waals surface area contributed by atoms with Crippen molar-refractivity contribution in [3.05, 3.63) is 94.2 Å². The number of carbonyl (C=O) groups excluding carboxylic acids is 2. The lowest BCUT2D eigenvalue weighted by molar-refractivity contribution is -0.132. The fourth-order valence-electron chi connectivity index (χ4n) is 4.47. The lowest BCUT2D eigenvalue weighted by atomic mass is 9.90. The van der Waals surface area contributed by atoms with Gasteiger partial charge >= 0.3 is 0 Å². The number of amides is 2. The normalized spacial score (nSPS) is 17.6. The molecule has 7 heteroatoms. The Morgan fingerprint density at radius 1 is 1.11 bits per heavy atom. The SMILES string of the molecule is Cc1ncccc1C(=O)N1CC[C@H](Oc2cccc(Br)c2)[C@@H](CC(=O)N(C)Cc2ccccc2)C1. The van der Waals surface area contributed by atoms with E-state index < -0.39 is 0 Å². The van der Waals surface area contributed by atoms with Crippen molar-refractivity contribution in [3.63, 3.8) is 0 Å². The van der Waals surface area contributed by atoms with Gasteiger partial charge in [0.1, 0.15) is 11.9 Å². The topological polar surface area (TPSA) is 62.7 Å². The highest BCUT2D eigenvalue weighted by Gasteiger charge is 2.35. The number of aryl methyl sites for hydroxylation is 1. The molecule has 0 N–H and O–H groups in total. The van der Waals surface area contributed by atoms with Crippen LogP contribution in [0.1, 0.15) is 34.5 Å². The Kier molecular flexibility index (Phi) is 8.18. The zero-order valence-electron chi connectivity index (χ0n) is 20.1. The molecule has 1 saturated heterocycles. The minimum absolute atomic E-state index is 0.0357. The summed E-state index contributed by atoms with van der Waals surface area (Å²) in [7, 11) is 1.82. The number of likely N-dealkylation sites (tertiary alicyclic amines) is 1. The summed E-state index contributed by atoms with van der Waals surface area (Å²) in [5, 5.41) is 0. The summed E-state index contributed by atoms with van der Waals surface area (Å²) < 4.78 is 7.29. The molecule has 6 nitrogen and oxygen atoms in total. The first-order valence-corrected chi connectivity index (χ1v) is 12.6. The molecule has 2 aromatic carbocycles. The largest absolute Gasteiger partial charge is 0.490 e. The molecule has 1 aliphatic rings. The van der Waals surface area contributed by atoms with Crippen molar-refractivity contribution >= 4 is 27.7 Å². The molecule has 2 heterocycles. The Morgan fingerprint density at radius 2 is 1.91 bits per heavy atom. The van der Waals surface area contributed by atoms with Crippen LogP contribution in [0.4, 0.5) is 0 Å². The Bertz CT molecular complexity index is 1170. The Labute approximate surface area is 215 Å². The van der Waals surface area contributed by atoms with Gasteiger partial charge in [-0.1, -0.05) is 52.3 Å². The maximum absolute atomic E-state index is 13.3. The number of aromatic nitrogens is 1. The average molecular weight is 536 g/mol. The number of carbonyl (C=O) groups is 2. The van der Waals surface area contributed by atoms with Crippen molar-refractivity contribution in [1.29, 1.82) is 0 Å². The number of nitrogens with zero attached hydrogens (tertiary/aromatic N) is 3. The highest BCUT2D eigenvalue weighted by atomic mass is 79.9. The molecule has 2 amide bonds. The molecular weight excluding hydrogens is 506 g/mol. The van der Waals surface area contributed by atoms with Gasteiger partial charge < -0.3 is 14.5 Å². The number of rotatable bonds is 7. The molecule has 182 valence electrons. The number of halogens is 1. The van der Waals surface area contributed by atoms with Gasteiger partial charge in [-0.3, -0.25) is 14.6 Å². The van der Waals surface area contributed by atoms with E-state index in [1.807, 2.05) is 79.5 Å². The first-order valence-electron chi connectivity index (χ1n) is 11.8. The van der Waals surface area contributed by atoms with Gasteiger partial charge in [-0.05, 0) is 42.8 Å². The van der Waals surface area contributed by atoms with Gasteiger partial charge in [0, 0.05) is 61.8 Å². The number of piperidine rings is 1. The molecule has 0 bridgehead atoms. The third kappa shape index (κ3) is 6.48. The fourth-order valence-corrected chi connectivity index (χ4v) is 4.85. The standard InChI is InChI=1S/C28H30BrN3O3/c1-20-25(12-7-14-30-20)28(34)32-15-13-26(35-24-11-6-10-23(29)17-24)22(19-32)16-27(33)31(2)18-21-8-4-3-5-9-21/h3-12,14,17,22,26H,13,15-16,18-19H2,1-2H3/t22-,26-/m0/s1. The second-order valence-electron chi connectivity index (χ2n) is 8.99. The number of benzene rings is 2.